The number of likely N-dealkylation sites (tertiary alicyclic amines) is 1. The number of amides is 1. The number of aromatic hydroxyl groups is 1. The van der Waals surface area contributed by atoms with Crippen molar-refractivity contribution in [3.05, 3.63) is 95.3 Å². The third kappa shape index (κ3) is 4.57. The fourth-order valence-electron chi connectivity index (χ4n) is 3.82. The maximum absolute atomic E-state index is 13.1. The van der Waals surface area contributed by atoms with Gasteiger partial charge in [0.05, 0.1) is 18.2 Å². The molecule has 4 rings (SSSR count). The number of ether oxygens (including phenoxy) is 1. The van der Waals surface area contributed by atoms with E-state index >= 15 is 0 Å². The van der Waals surface area contributed by atoms with Gasteiger partial charge in [0.2, 0.25) is 0 Å². The highest BCUT2D eigenvalue weighted by atomic mass is 16.5. The van der Waals surface area contributed by atoms with Crippen LogP contribution in [0.1, 0.15) is 36.1 Å². The van der Waals surface area contributed by atoms with Crippen molar-refractivity contribution in [1.29, 1.82) is 0 Å². The Morgan fingerprint density at radius 2 is 1.79 bits per heavy atom. The van der Waals surface area contributed by atoms with Crippen molar-refractivity contribution in [3.63, 3.8) is 0 Å². The molecule has 1 aromatic heterocycles. The monoisotopic (exact) mass is 444 g/mol. The van der Waals surface area contributed by atoms with Crippen molar-refractivity contribution in [3.8, 4) is 11.5 Å². The summed E-state index contributed by atoms with van der Waals surface area (Å²) in [5.74, 6) is -1.02. The van der Waals surface area contributed by atoms with E-state index in [0.29, 0.717) is 23.5 Å². The number of ketones is 1. The molecule has 1 amide bonds. The zero-order valence-electron chi connectivity index (χ0n) is 18.1. The minimum atomic E-state index is -0.818. The third-order valence-corrected chi connectivity index (χ3v) is 5.43. The number of aliphatic hydroxyl groups is 1. The molecule has 1 atom stereocenters. The number of phenolic OH excluding ortho intramolecular Hbond substituents is 1. The number of phenols is 1. The van der Waals surface area contributed by atoms with Gasteiger partial charge in [-0.25, -0.2) is 0 Å². The second-order valence-electron chi connectivity index (χ2n) is 7.75. The van der Waals surface area contributed by atoms with Crippen LogP contribution in [0.3, 0.4) is 0 Å². The van der Waals surface area contributed by atoms with Crippen LogP contribution in [-0.2, 0) is 16.1 Å². The van der Waals surface area contributed by atoms with Crippen LogP contribution < -0.4 is 4.74 Å². The number of aliphatic hydroxyl groups excluding tert-OH is 1. The number of benzene rings is 2. The molecule has 2 heterocycles. The Balaban J connectivity index is 1.78. The van der Waals surface area contributed by atoms with Crippen molar-refractivity contribution in [2.75, 3.05) is 6.61 Å². The van der Waals surface area contributed by atoms with Gasteiger partial charge in [-0.2, -0.15) is 0 Å². The highest BCUT2D eigenvalue weighted by Crippen LogP contribution is 2.40. The van der Waals surface area contributed by atoms with Crippen molar-refractivity contribution < 1.29 is 24.5 Å². The Morgan fingerprint density at radius 3 is 2.42 bits per heavy atom. The van der Waals surface area contributed by atoms with E-state index in [2.05, 4.69) is 4.98 Å². The number of Topliss-reactive ketones (excluding diaryl/α,β-unsaturated/α-hetero) is 1. The Bertz CT molecular complexity index is 1170. The quantitative estimate of drug-likeness (QED) is 0.322. The third-order valence-electron chi connectivity index (χ3n) is 5.43. The summed E-state index contributed by atoms with van der Waals surface area (Å²) in [5, 5.41) is 20.8. The molecule has 0 saturated carbocycles. The maximum atomic E-state index is 13.1. The molecule has 2 aromatic carbocycles. The van der Waals surface area contributed by atoms with Crippen molar-refractivity contribution in [1.82, 2.24) is 9.88 Å². The van der Waals surface area contributed by atoms with E-state index in [4.69, 9.17) is 4.74 Å². The van der Waals surface area contributed by atoms with Gasteiger partial charge in [0.1, 0.15) is 17.3 Å². The Hall–Kier alpha value is -4.13. The van der Waals surface area contributed by atoms with E-state index in [1.165, 1.54) is 17.0 Å². The molecular formula is C26H24N2O5. The van der Waals surface area contributed by atoms with E-state index < -0.39 is 17.7 Å². The number of hydrogen-bond acceptors (Lipinski definition) is 6. The SMILES string of the molecule is CCCOc1ccc(/C(O)=C2\C(=O)C(=O)N(Cc3cccnc3)[C@H]2c2ccc(O)cc2)cc1. The van der Waals surface area contributed by atoms with Crippen LogP contribution in [0, 0.1) is 0 Å². The lowest BCUT2D eigenvalue weighted by Gasteiger charge is -2.25. The molecule has 7 nitrogen and oxygen atoms in total. The molecule has 1 fully saturated rings. The molecule has 0 radical (unpaired) electrons. The van der Waals surface area contributed by atoms with Crippen molar-refractivity contribution >= 4 is 17.4 Å². The largest absolute Gasteiger partial charge is 0.508 e. The normalized spacial score (nSPS) is 17.4. The topological polar surface area (TPSA) is 100.0 Å². The van der Waals surface area contributed by atoms with Gasteiger partial charge in [-0.1, -0.05) is 25.1 Å². The van der Waals surface area contributed by atoms with Gasteiger partial charge in [0.15, 0.2) is 0 Å². The zero-order valence-corrected chi connectivity index (χ0v) is 18.1. The van der Waals surface area contributed by atoms with E-state index in [9.17, 15) is 19.8 Å². The summed E-state index contributed by atoms with van der Waals surface area (Å²) >= 11 is 0. The number of rotatable bonds is 7. The molecule has 1 aliphatic heterocycles. The number of aromatic nitrogens is 1. The maximum Gasteiger partial charge on any atom is 0.295 e. The van der Waals surface area contributed by atoms with Crippen LogP contribution in [0.2, 0.25) is 0 Å². The fourth-order valence-corrected chi connectivity index (χ4v) is 3.82. The number of hydrogen-bond donors (Lipinski definition) is 2. The van der Waals surface area contributed by atoms with Crippen LogP contribution in [0.5, 0.6) is 11.5 Å². The summed E-state index contributed by atoms with van der Waals surface area (Å²) in [6.45, 7) is 2.73. The molecule has 0 unspecified atom stereocenters. The molecule has 0 aliphatic carbocycles. The van der Waals surface area contributed by atoms with Crippen molar-refractivity contribution in [2.45, 2.75) is 25.9 Å². The zero-order chi connectivity index (χ0) is 23.4. The van der Waals surface area contributed by atoms with Gasteiger partial charge in [-0.15, -0.1) is 0 Å². The number of pyridine rings is 1. The predicted molar refractivity (Wildman–Crippen MR) is 122 cm³/mol. The summed E-state index contributed by atoms with van der Waals surface area (Å²) < 4.78 is 5.58. The molecule has 1 saturated heterocycles. The minimum absolute atomic E-state index is 0.00296. The van der Waals surface area contributed by atoms with E-state index in [1.807, 2.05) is 13.0 Å². The first kappa shape index (κ1) is 22.1. The van der Waals surface area contributed by atoms with Crippen LogP contribution >= 0.6 is 0 Å². The molecule has 168 valence electrons. The summed E-state index contributed by atoms with van der Waals surface area (Å²) in [6, 6.07) is 15.7. The highest BCUT2D eigenvalue weighted by Gasteiger charge is 2.46. The highest BCUT2D eigenvalue weighted by molar-refractivity contribution is 6.46. The molecular weight excluding hydrogens is 420 g/mol. The lowest BCUT2D eigenvalue weighted by molar-refractivity contribution is -0.140. The van der Waals surface area contributed by atoms with Gasteiger partial charge in [-0.3, -0.25) is 14.6 Å². The van der Waals surface area contributed by atoms with E-state index in [0.717, 1.165) is 12.0 Å². The van der Waals surface area contributed by atoms with Gasteiger partial charge >= 0.3 is 0 Å². The van der Waals surface area contributed by atoms with Crippen LogP contribution in [0.15, 0.2) is 78.6 Å². The fraction of sp³-hybridized carbons (Fsp3) is 0.192. The molecule has 2 N–H and O–H groups in total. The Kier molecular flexibility index (Phi) is 6.40. The predicted octanol–water partition coefficient (Wildman–Crippen LogP) is 4.20. The minimum Gasteiger partial charge on any atom is -0.508 e. The smallest absolute Gasteiger partial charge is 0.295 e. The molecule has 33 heavy (non-hydrogen) atoms. The van der Waals surface area contributed by atoms with E-state index in [-0.39, 0.29) is 23.6 Å². The van der Waals surface area contributed by atoms with Gasteiger partial charge < -0.3 is 19.8 Å². The van der Waals surface area contributed by atoms with Gasteiger partial charge in [0, 0.05) is 24.5 Å². The number of nitrogens with zero attached hydrogens (tertiary/aromatic N) is 2. The van der Waals surface area contributed by atoms with Crippen LogP contribution in [0.25, 0.3) is 5.76 Å². The lowest BCUT2D eigenvalue weighted by Crippen LogP contribution is -2.29. The number of carbonyl (C=O) groups is 2. The lowest BCUT2D eigenvalue weighted by atomic mass is 9.95. The average molecular weight is 444 g/mol. The summed E-state index contributed by atoms with van der Waals surface area (Å²) in [4.78, 5) is 31.6. The second kappa shape index (κ2) is 9.56. The first-order valence-corrected chi connectivity index (χ1v) is 10.7. The van der Waals surface area contributed by atoms with Gasteiger partial charge in [-0.05, 0) is 60.0 Å². The second-order valence-corrected chi connectivity index (χ2v) is 7.75. The average Bonchev–Trinajstić information content (AvgIpc) is 3.08. The Labute approximate surface area is 191 Å². The molecule has 0 spiro atoms. The molecule has 7 heteroatoms. The molecule has 3 aromatic rings. The van der Waals surface area contributed by atoms with E-state index in [1.54, 1.807) is 54.9 Å². The van der Waals surface area contributed by atoms with Crippen LogP contribution in [0.4, 0.5) is 0 Å². The summed E-state index contributed by atoms with van der Waals surface area (Å²) in [6.07, 6.45) is 4.12. The first-order chi connectivity index (χ1) is 16.0. The number of carbonyl (C=O) groups excluding carboxylic acids is 2. The van der Waals surface area contributed by atoms with Gasteiger partial charge in [0.25, 0.3) is 11.7 Å². The molecule has 0 bridgehead atoms. The Morgan fingerprint density at radius 1 is 1.06 bits per heavy atom. The first-order valence-electron chi connectivity index (χ1n) is 10.7. The standard InChI is InChI=1S/C26H24N2O5/c1-2-14-33-21-11-7-19(8-12-21)24(30)22-23(18-5-9-20(29)10-6-18)28(26(32)25(22)31)16-17-4-3-13-27-15-17/h3-13,15,23,29-30H,2,14,16H2,1H3/b24-22+/t23-/m0/s1. The van der Waals surface area contributed by atoms with Crippen molar-refractivity contribution in [2.24, 2.45) is 0 Å². The van der Waals surface area contributed by atoms with Crippen LogP contribution in [-0.4, -0.2) is 38.4 Å². The molecule has 1 aliphatic rings. The summed E-state index contributed by atoms with van der Waals surface area (Å²) in [5.41, 5.74) is 1.75. The summed E-state index contributed by atoms with van der Waals surface area (Å²) in [7, 11) is 0.